The van der Waals surface area contributed by atoms with Crippen LogP contribution in [0.4, 0.5) is 5.69 Å². The van der Waals surface area contributed by atoms with E-state index < -0.39 is 0 Å². The van der Waals surface area contributed by atoms with Crippen LogP contribution in [0.3, 0.4) is 0 Å². The van der Waals surface area contributed by atoms with Crippen LogP contribution in [-0.4, -0.2) is 46.3 Å². The number of benzene rings is 1. The predicted octanol–water partition coefficient (Wildman–Crippen LogP) is 2.43. The van der Waals surface area contributed by atoms with Crippen molar-refractivity contribution in [3.63, 3.8) is 0 Å². The number of hydrogen-bond acceptors (Lipinski definition) is 4. The Morgan fingerprint density at radius 3 is 2.96 bits per heavy atom. The second-order valence-corrected chi connectivity index (χ2v) is 7.49. The molecule has 0 saturated carbocycles. The Morgan fingerprint density at radius 1 is 1.25 bits per heavy atom. The molecule has 0 spiro atoms. The molecule has 3 heterocycles. The molecule has 6 nitrogen and oxygen atoms in total. The third-order valence-corrected chi connectivity index (χ3v) is 5.78. The summed E-state index contributed by atoms with van der Waals surface area (Å²) in [4.78, 5) is 27.4. The third-order valence-electron chi connectivity index (χ3n) is 5.78. The van der Waals surface area contributed by atoms with Gasteiger partial charge in [-0.3, -0.25) is 19.8 Å². The van der Waals surface area contributed by atoms with Gasteiger partial charge in [-0.25, -0.2) is 0 Å². The summed E-state index contributed by atoms with van der Waals surface area (Å²) in [5, 5.41) is 10.9. The van der Waals surface area contributed by atoms with Gasteiger partial charge in [-0.2, -0.15) is 0 Å². The molecular formula is C18H23N3O3. The van der Waals surface area contributed by atoms with Gasteiger partial charge < -0.3 is 4.90 Å². The Balaban J connectivity index is 1.47. The molecule has 3 atom stereocenters. The lowest BCUT2D eigenvalue weighted by molar-refractivity contribution is -0.384. The Morgan fingerprint density at radius 2 is 2.12 bits per heavy atom. The minimum atomic E-state index is -0.333. The molecule has 0 radical (unpaired) electrons. The first-order valence-electron chi connectivity index (χ1n) is 8.85. The smallest absolute Gasteiger partial charge is 0.269 e. The summed E-state index contributed by atoms with van der Waals surface area (Å²) < 4.78 is 0. The van der Waals surface area contributed by atoms with Crippen LogP contribution in [-0.2, 0) is 11.3 Å². The Bertz CT molecular complexity index is 663. The number of fused-ring (bicyclic) bond motifs is 4. The van der Waals surface area contributed by atoms with Gasteiger partial charge in [-0.1, -0.05) is 12.1 Å². The quantitative estimate of drug-likeness (QED) is 0.631. The van der Waals surface area contributed by atoms with Gasteiger partial charge in [0.1, 0.15) is 0 Å². The van der Waals surface area contributed by atoms with E-state index in [0.717, 1.165) is 44.6 Å². The van der Waals surface area contributed by atoms with Crippen LogP contribution >= 0.6 is 0 Å². The number of non-ortho nitro benzene ring substituents is 1. The second-order valence-electron chi connectivity index (χ2n) is 7.49. The molecule has 24 heavy (non-hydrogen) atoms. The highest BCUT2D eigenvalue weighted by molar-refractivity contribution is 5.77. The van der Waals surface area contributed by atoms with Gasteiger partial charge in [0.2, 0.25) is 5.91 Å². The maximum Gasteiger partial charge on any atom is 0.269 e. The number of amides is 1. The van der Waals surface area contributed by atoms with Crippen LogP contribution in [0.5, 0.6) is 0 Å². The number of nitrogens with zero attached hydrogens (tertiary/aromatic N) is 3. The monoisotopic (exact) mass is 329 g/mol. The summed E-state index contributed by atoms with van der Waals surface area (Å²) in [6.45, 7) is 3.63. The summed E-state index contributed by atoms with van der Waals surface area (Å²) in [7, 11) is 0. The number of nitro benzene ring substituents is 1. The van der Waals surface area contributed by atoms with Gasteiger partial charge in [0.15, 0.2) is 0 Å². The fourth-order valence-corrected chi connectivity index (χ4v) is 4.87. The van der Waals surface area contributed by atoms with Crippen molar-refractivity contribution in [2.24, 2.45) is 11.8 Å². The van der Waals surface area contributed by atoms with Crippen LogP contribution in [0, 0.1) is 22.0 Å². The molecular weight excluding hydrogens is 306 g/mol. The number of nitro groups is 1. The van der Waals surface area contributed by atoms with Crippen molar-refractivity contribution in [1.82, 2.24) is 9.80 Å². The number of carbonyl (C=O) groups excluding carboxylic acids is 1. The molecule has 0 N–H and O–H groups in total. The largest absolute Gasteiger partial charge is 0.339 e. The fourth-order valence-electron chi connectivity index (χ4n) is 4.87. The highest BCUT2D eigenvalue weighted by atomic mass is 16.6. The van der Waals surface area contributed by atoms with E-state index in [1.165, 1.54) is 6.42 Å². The van der Waals surface area contributed by atoms with Gasteiger partial charge >= 0.3 is 0 Å². The first-order valence-corrected chi connectivity index (χ1v) is 8.85. The molecule has 1 amide bonds. The van der Waals surface area contributed by atoms with E-state index in [1.54, 1.807) is 18.2 Å². The van der Waals surface area contributed by atoms with E-state index in [4.69, 9.17) is 0 Å². The van der Waals surface area contributed by atoms with Gasteiger partial charge in [0, 0.05) is 50.8 Å². The van der Waals surface area contributed by atoms with Crippen LogP contribution in [0.1, 0.15) is 31.2 Å². The Labute approximate surface area is 141 Å². The van der Waals surface area contributed by atoms with Crippen LogP contribution < -0.4 is 0 Å². The number of piperidine rings is 3. The molecule has 2 bridgehead atoms. The van der Waals surface area contributed by atoms with Crippen molar-refractivity contribution < 1.29 is 9.72 Å². The first kappa shape index (κ1) is 15.6. The summed E-state index contributed by atoms with van der Waals surface area (Å²) >= 11 is 0. The van der Waals surface area contributed by atoms with Crippen LogP contribution in [0.15, 0.2) is 24.3 Å². The van der Waals surface area contributed by atoms with E-state index in [9.17, 15) is 14.9 Å². The third kappa shape index (κ3) is 2.90. The van der Waals surface area contributed by atoms with Gasteiger partial charge in [0.05, 0.1) is 4.92 Å². The van der Waals surface area contributed by atoms with Crippen molar-refractivity contribution in [2.75, 3.05) is 19.6 Å². The first-order chi connectivity index (χ1) is 11.6. The second kappa shape index (κ2) is 6.16. The predicted molar refractivity (Wildman–Crippen MR) is 89.3 cm³/mol. The highest BCUT2D eigenvalue weighted by Gasteiger charge is 2.43. The zero-order valence-corrected chi connectivity index (χ0v) is 13.8. The van der Waals surface area contributed by atoms with Gasteiger partial charge in [0.25, 0.3) is 5.69 Å². The van der Waals surface area contributed by atoms with Crippen molar-refractivity contribution in [3.8, 4) is 0 Å². The number of carbonyl (C=O) groups is 1. The molecule has 1 aromatic rings. The van der Waals surface area contributed by atoms with Gasteiger partial charge in [-0.15, -0.1) is 0 Å². The Kier molecular flexibility index (Phi) is 4.00. The molecule has 0 aliphatic carbocycles. The van der Waals surface area contributed by atoms with Crippen molar-refractivity contribution >= 4 is 11.6 Å². The molecule has 3 aliphatic rings. The maximum absolute atomic E-state index is 12.2. The highest BCUT2D eigenvalue weighted by Crippen LogP contribution is 2.38. The molecule has 3 fully saturated rings. The summed E-state index contributed by atoms with van der Waals surface area (Å²) in [6, 6.07) is 7.37. The average Bonchev–Trinajstić information content (AvgIpc) is 2.56. The zero-order valence-electron chi connectivity index (χ0n) is 13.8. The average molecular weight is 329 g/mol. The van der Waals surface area contributed by atoms with E-state index in [-0.39, 0.29) is 10.6 Å². The summed E-state index contributed by atoms with van der Waals surface area (Å²) in [6.07, 6.45) is 4.09. The molecule has 128 valence electrons. The summed E-state index contributed by atoms with van der Waals surface area (Å²) in [5.74, 6) is 1.44. The van der Waals surface area contributed by atoms with E-state index in [1.807, 2.05) is 6.07 Å². The lowest BCUT2D eigenvalue weighted by Gasteiger charge is -2.52. The van der Waals surface area contributed by atoms with E-state index >= 15 is 0 Å². The minimum absolute atomic E-state index is 0.161. The molecule has 3 saturated heterocycles. The Hall–Kier alpha value is -1.95. The number of hydrogen-bond donors (Lipinski definition) is 0. The molecule has 1 aromatic carbocycles. The maximum atomic E-state index is 12.2. The summed E-state index contributed by atoms with van der Waals surface area (Å²) in [5.41, 5.74) is 1.16. The fraction of sp³-hybridized carbons (Fsp3) is 0.611. The molecule has 4 rings (SSSR count). The zero-order chi connectivity index (χ0) is 16.7. The van der Waals surface area contributed by atoms with E-state index in [0.29, 0.717) is 30.2 Å². The van der Waals surface area contributed by atoms with Crippen LogP contribution in [0.25, 0.3) is 0 Å². The SMILES string of the molecule is O=C1CCC[C@H]2[C@H]3C[C@@H](CN(Cc4cccc([N+](=O)[O-])c4)C3)CN12. The van der Waals surface area contributed by atoms with Crippen molar-refractivity contribution in [2.45, 2.75) is 38.3 Å². The topological polar surface area (TPSA) is 66.7 Å². The van der Waals surface area contributed by atoms with Gasteiger partial charge in [-0.05, 0) is 36.7 Å². The van der Waals surface area contributed by atoms with E-state index in [2.05, 4.69) is 9.80 Å². The lowest BCUT2D eigenvalue weighted by atomic mass is 9.76. The molecule has 3 aliphatic heterocycles. The minimum Gasteiger partial charge on any atom is -0.339 e. The van der Waals surface area contributed by atoms with Crippen LogP contribution in [0.2, 0.25) is 0 Å². The van der Waals surface area contributed by atoms with Crippen molar-refractivity contribution in [3.05, 3.63) is 39.9 Å². The molecule has 6 heteroatoms. The standard InChI is InChI=1S/C18H23N3O3/c22-18-6-2-5-17-15-7-14(11-20(17)18)10-19(12-15)9-13-3-1-4-16(8-13)21(23)24/h1,3-4,8,14-15,17H,2,5-7,9-12H2/t14-,15-,17-/m0/s1. The molecule has 0 unspecified atom stereocenters. The lowest BCUT2D eigenvalue weighted by Crippen LogP contribution is -2.60. The molecule has 0 aromatic heterocycles. The number of rotatable bonds is 3. The number of likely N-dealkylation sites (tertiary alicyclic amines) is 1. The van der Waals surface area contributed by atoms with Crippen molar-refractivity contribution in [1.29, 1.82) is 0 Å². The normalized spacial score (nSPS) is 30.1.